The number of anilines is 1. The topological polar surface area (TPSA) is 106 Å². The molecule has 168 valence electrons. The van der Waals surface area contributed by atoms with Crippen molar-refractivity contribution in [1.82, 2.24) is 15.0 Å². The quantitative estimate of drug-likeness (QED) is 0.640. The minimum atomic E-state index is -0.676. The van der Waals surface area contributed by atoms with Gasteiger partial charge in [0, 0.05) is 6.42 Å². The molecule has 1 amide bonds. The number of carboxylic acids is 1. The van der Waals surface area contributed by atoms with E-state index in [2.05, 4.69) is 9.97 Å². The second-order valence-electron chi connectivity index (χ2n) is 9.33. The van der Waals surface area contributed by atoms with E-state index in [9.17, 15) is 9.59 Å². The molecule has 0 saturated heterocycles. The fourth-order valence-electron chi connectivity index (χ4n) is 5.70. The van der Waals surface area contributed by atoms with Gasteiger partial charge in [-0.3, -0.25) is 4.79 Å². The summed E-state index contributed by atoms with van der Waals surface area (Å²) in [5, 5.41) is 8.99. The third-order valence-electron chi connectivity index (χ3n) is 7.31. The first-order valence-electron chi connectivity index (χ1n) is 11.2. The molecule has 0 radical (unpaired) electrons. The van der Waals surface area contributed by atoms with Gasteiger partial charge in [-0.05, 0) is 18.8 Å². The van der Waals surface area contributed by atoms with E-state index in [0.29, 0.717) is 52.7 Å². The monoisotopic (exact) mass is 498 g/mol. The van der Waals surface area contributed by atoms with Gasteiger partial charge in [0.25, 0.3) is 0 Å². The van der Waals surface area contributed by atoms with Gasteiger partial charge >= 0.3 is 160 Å². The third-order valence-corrected chi connectivity index (χ3v) is 8.23. The smallest absolute Gasteiger partial charge is 0.0441 e. The van der Waals surface area contributed by atoms with Gasteiger partial charge in [-0.25, -0.2) is 0 Å². The van der Waals surface area contributed by atoms with Crippen molar-refractivity contribution in [2.45, 2.75) is 50.9 Å². The zero-order valence-corrected chi connectivity index (χ0v) is 20.3. The van der Waals surface area contributed by atoms with E-state index in [1.165, 1.54) is 23.2 Å². The molecule has 32 heavy (non-hydrogen) atoms. The first kappa shape index (κ1) is 21.4. The van der Waals surface area contributed by atoms with Crippen LogP contribution in [0.1, 0.15) is 66.9 Å². The second-order valence-corrected chi connectivity index (χ2v) is 10.5. The molecule has 1 aliphatic heterocycles. The summed E-state index contributed by atoms with van der Waals surface area (Å²) in [6.45, 7) is 0.809. The van der Waals surface area contributed by atoms with Gasteiger partial charge in [0.05, 0.1) is 0 Å². The van der Waals surface area contributed by atoms with Crippen molar-refractivity contribution in [3.8, 4) is 5.88 Å². The molecule has 2 fully saturated rings. The number of hydrogen-bond donors (Lipinski definition) is 1. The van der Waals surface area contributed by atoms with Crippen LogP contribution in [0.15, 0.2) is 24.7 Å². The number of rotatable bonds is 4. The van der Waals surface area contributed by atoms with E-state index in [1.807, 2.05) is 12.1 Å². The number of pyridine rings is 1. The number of carboxylic acid groups (broad SMARTS) is 1. The molecule has 1 spiro atoms. The third kappa shape index (κ3) is 4.01. The number of aromatic nitrogens is 3. The van der Waals surface area contributed by atoms with Gasteiger partial charge in [0.15, 0.2) is 0 Å². The first-order chi connectivity index (χ1) is 15.4. The largest absolute Gasteiger partial charge is 0.0441 e. The molecular formula is C23H27AsN4O4. The molecule has 8 nitrogen and oxygen atoms in total. The molecule has 5 rings (SSSR count). The summed E-state index contributed by atoms with van der Waals surface area (Å²) in [5.41, 5.74) is 2.64. The van der Waals surface area contributed by atoms with Crippen LogP contribution < -0.4 is 14.1 Å². The molecular weight excluding hydrogens is 471 g/mol. The minimum Gasteiger partial charge on any atom is -0.0441 e. The van der Waals surface area contributed by atoms with Crippen LogP contribution in [-0.2, 0) is 4.79 Å². The number of carbonyl (C=O) groups is 2. The Balaban J connectivity index is 1.24. The molecule has 0 aromatic carbocycles. The molecule has 1 atom stereocenters. The van der Waals surface area contributed by atoms with E-state index in [0.717, 1.165) is 49.9 Å². The molecule has 1 unspecified atom stereocenters. The summed E-state index contributed by atoms with van der Waals surface area (Å²) < 4.78 is 6.35. The standard InChI is InChI=1S/C23H27AsN4O4/c24-20-19-21(27-13-26-20)32-8-7-28(22(19)31)16-1-2-17(25-12-16)15-3-5-23(6-4-15)10-14(11-23)9-18(29)30/h1-2,12-15H,3-11,24H2,(H,29,30). The molecule has 2 aromatic rings. The number of fused-ring (bicyclic) bond motifs is 1. The molecule has 9 heteroatoms. The Hall–Kier alpha value is -2.47. The fraction of sp³-hybridized carbons (Fsp3) is 0.522. The Bertz CT molecular complexity index is 1030. The van der Waals surface area contributed by atoms with Crippen LogP contribution >= 0.6 is 0 Å². The Labute approximate surface area is 195 Å². The van der Waals surface area contributed by atoms with Crippen molar-refractivity contribution in [2.24, 2.45) is 11.3 Å². The van der Waals surface area contributed by atoms with Crippen molar-refractivity contribution in [3.05, 3.63) is 35.9 Å². The molecule has 0 bridgehead atoms. The second kappa shape index (κ2) is 8.47. The number of hydrogen-bond acceptors (Lipinski definition) is 6. The van der Waals surface area contributed by atoms with Crippen molar-refractivity contribution in [3.63, 3.8) is 0 Å². The maximum atomic E-state index is 13.2. The maximum Gasteiger partial charge on any atom is -0.0441 e. The molecule has 1 N–H and O–H groups in total. The minimum absolute atomic E-state index is 0.146. The van der Waals surface area contributed by atoms with Crippen molar-refractivity contribution >= 4 is 38.9 Å². The summed E-state index contributed by atoms with van der Waals surface area (Å²) in [7, 11) is 0. The van der Waals surface area contributed by atoms with Crippen LogP contribution in [0.25, 0.3) is 0 Å². The van der Waals surface area contributed by atoms with Gasteiger partial charge in [-0.15, -0.1) is 0 Å². The summed E-state index contributed by atoms with van der Waals surface area (Å²) in [5.74, 6) is 0.318. The van der Waals surface area contributed by atoms with Gasteiger partial charge in [-0.2, -0.15) is 0 Å². The zero-order chi connectivity index (χ0) is 22.3. The molecule has 2 saturated carbocycles. The summed E-state index contributed by atoms with van der Waals surface area (Å²) >= 11 is 1.27. The summed E-state index contributed by atoms with van der Waals surface area (Å²) in [6, 6.07) is 4.02. The molecule has 2 aromatic heterocycles. The number of amides is 1. The number of carbonyl (C=O) groups excluding carboxylic acids is 1. The Morgan fingerprint density at radius 3 is 2.69 bits per heavy atom. The van der Waals surface area contributed by atoms with Gasteiger partial charge in [-0.1, -0.05) is 0 Å². The average Bonchev–Trinajstić information content (AvgIpc) is 2.92. The van der Waals surface area contributed by atoms with E-state index in [4.69, 9.17) is 14.8 Å². The van der Waals surface area contributed by atoms with Gasteiger partial charge in [0.1, 0.15) is 0 Å². The van der Waals surface area contributed by atoms with E-state index in [1.54, 1.807) is 11.1 Å². The summed E-state index contributed by atoms with van der Waals surface area (Å²) in [6.07, 6.45) is 10.1. The van der Waals surface area contributed by atoms with Crippen molar-refractivity contribution in [1.29, 1.82) is 0 Å². The molecule has 3 aliphatic rings. The fourth-order valence-corrected chi connectivity index (χ4v) is 6.36. The Morgan fingerprint density at radius 2 is 2.00 bits per heavy atom. The van der Waals surface area contributed by atoms with E-state index >= 15 is 0 Å². The Morgan fingerprint density at radius 1 is 1.22 bits per heavy atom. The zero-order valence-electron chi connectivity index (χ0n) is 17.9. The molecule has 3 heterocycles. The van der Waals surface area contributed by atoms with Gasteiger partial charge in [0.2, 0.25) is 0 Å². The average molecular weight is 498 g/mol. The molecule has 2 aliphatic carbocycles. The van der Waals surface area contributed by atoms with Crippen molar-refractivity contribution < 1.29 is 19.4 Å². The van der Waals surface area contributed by atoms with Crippen LogP contribution in [0.4, 0.5) is 5.69 Å². The summed E-state index contributed by atoms with van der Waals surface area (Å²) in [4.78, 5) is 38.8. The normalized spacial score (nSPS) is 27.3. The predicted molar refractivity (Wildman–Crippen MR) is 120 cm³/mol. The number of ether oxygens (including phenoxy) is 1. The van der Waals surface area contributed by atoms with Crippen LogP contribution in [-0.4, -0.2) is 61.9 Å². The van der Waals surface area contributed by atoms with Crippen molar-refractivity contribution in [2.75, 3.05) is 18.1 Å². The first-order valence-corrected chi connectivity index (χ1v) is 12.4. The van der Waals surface area contributed by atoms with Crippen LogP contribution in [0.3, 0.4) is 0 Å². The number of nitrogens with zero attached hydrogens (tertiary/aromatic N) is 4. The maximum absolute atomic E-state index is 13.2. The Kier molecular flexibility index (Phi) is 5.66. The van der Waals surface area contributed by atoms with Crippen LogP contribution in [0.5, 0.6) is 5.88 Å². The van der Waals surface area contributed by atoms with Crippen LogP contribution in [0.2, 0.25) is 0 Å². The van der Waals surface area contributed by atoms with Crippen LogP contribution in [0, 0.1) is 11.3 Å². The van der Waals surface area contributed by atoms with E-state index in [-0.39, 0.29) is 5.91 Å². The SMILES string of the molecule is O=C(O)CC1CC2(CCC(c3ccc(N4CCOc5ncnc([AsH2])c5C4=O)cn3)CC2)C1. The van der Waals surface area contributed by atoms with E-state index < -0.39 is 5.97 Å². The number of aliphatic carboxylic acids is 1. The van der Waals surface area contributed by atoms with Gasteiger partial charge < -0.3 is 5.11 Å². The predicted octanol–water partition coefficient (Wildman–Crippen LogP) is 1.70.